The highest BCUT2D eigenvalue weighted by Gasteiger charge is 2.09. The van der Waals surface area contributed by atoms with Gasteiger partial charge in [0, 0.05) is 11.4 Å². The minimum atomic E-state index is -3.22. The van der Waals surface area contributed by atoms with Crippen molar-refractivity contribution in [3.8, 4) is 0 Å². The van der Waals surface area contributed by atoms with E-state index in [0.717, 1.165) is 12.0 Å². The molecule has 0 saturated carbocycles. The smallest absolute Gasteiger partial charge is 0.232 e. The molecule has 0 unspecified atom stereocenters. The van der Waals surface area contributed by atoms with Gasteiger partial charge in [-0.2, -0.15) is 0 Å². The summed E-state index contributed by atoms with van der Waals surface area (Å²) in [6.45, 7) is 3.81. The molecule has 0 fully saturated rings. The molecule has 0 atom stereocenters. The number of benzene rings is 1. The Balaban J connectivity index is 2.76. The number of rotatable bonds is 5. The summed E-state index contributed by atoms with van der Waals surface area (Å²) in [4.78, 5) is 0. The summed E-state index contributed by atoms with van der Waals surface area (Å²) in [5.74, 6) is 0.160. The second-order valence-electron chi connectivity index (χ2n) is 3.85. The second-order valence-corrected chi connectivity index (χ2v) is 5.69. The van der Waals surface area contributed by atoms with Crippen LogP contribution in [0.1, 0.15) is 25.3 Å². The van der Waals surface area contributed by atoms with Crippen LogP contribution in [0.4, 0.5) is 11.4 Å². The molecule has 0 aliphatic carbocycles. The van der Waals surface area contributed by atoms with Crippen LogP contribution < -0.4 is 10.5 Å². The zero-order chi connectivity index (χ0) is 12.2. The Hall–Kier alpha value is -1.23. The molecule has 4 nitrogen and oxygen atoms in total. The standard InChI is InChI=1S/C11H18N2O2S/c1-3-4-7-16(14,15)13-10-5-6-11(12)9(2)8-10/h5-6,8,13H,3-4,7,12H2,1-2H3. The van der Waals surface area contributed by atoms with E-state index in [1.807, 2.05) is 13.8 Å². The molecule has 1 aromatic carbocycles. The van der Waals surface area contributed by atoms with Gasteiger partial charge < -0.3 is 5.73 Å². The summed E-state index contributed by atoms with van der Waals surface area (Å²) in [6, 6.07) is 5.11. The van der Waals surface area contributed by atoms with E-state index in [1.54, 1.807) is 18.2 Å². The Morgan fingerprint density at radius 1 is 1.38 bits per heavy atom. The lowest BCUT2D eigenvalue weighted by Crippen LogP contribution is -2.16. The quantitative estimate of drug-likeness (QED) is 0.777. The van der Waals surface area contributed by atoms with Crippen molar-refractivity contribution in [3.05, 3.63) is 23.8 Å². The van der Waals surface area contributed by atoms with E-state index in [9.17, 15) is 8.42 Å². The third kappa shape index (κ3) is 3.73. The lowest BCUT2D eigenvalue weighted by Gasteiger charge is -2.09. The molecule has 0 spiro atoms. The first kappa shape index (κ1) is 12.8. The van der Waals surface area contributed by atoms with Gasteiger partial charge in [-0.3, -0.25) is 4.72 Å². The Morgan fingerprint density at radius 3 is 2.62 bits per heavy atom. The van der Waals surface area contributed by atoms with Crippen molar-refractivity contribution in [3.63, 3.8) is 0 Å². The van der Waals surface area contributed by atoms with Gasteiger partial charge in [0.2, 0.25) is 10.0 Å². The van der Waals surface area contributed by atoms with Crippen molar-refractivity contribution in [2.24, 2.45) is 0 Å². The van der Waals surface area contributed by atoms with Crippen LogP contribution in [0.3, 0.4) is 0 Å². The summed E-state index contributed by atoms with van der Waals surface area (Å²) in [5.41, 5.74) is 7.76. The Bertz CT molecular complexity index is 455. The van der Waals surface area contributed by atoms with Gasteiger partial charge >= 0.3 is 0 Å². The first-order valence-corrected chi connectivity index (χ1v) is 6.96. The molecule has 0 saturated heterocycles. The maximum absolute atomic E-state index is 11.6. The van der Waals surface area contributed by atoms with Gasteiger partial charge in [-0.25, -0.2) is 8.42 Å². The molecule has 16 heavy (non-hydrogen) atoms. The van der Waals surface area contributed by atoms with Gasteiger partial charge in [-0.1, -0.05) is 13.3 Å². The van der Waals surface area contributed by atoms with Crippen LogP contribution in [-0.4, -0.2) is 14.2 Å². The first-order valence-electron chi connectivity index (χ1n) is 5.31. The summed E-state index contributed by atoms with van der Waals surface area (Å²) in [6.07, 6.45) is 1.53. The van der Waals surface area contributed by atoms with Crippen LogP contribution >= 0.6 is 0 Å². The lowest BCUT2D eigenvalue weighted by molar-refractivity contribution is 0.598. The molecule has 0 aliphatic rings. The third-order valence-corrected chi connectivity index (χ3v) is 3.68. The first-order chi connectivity index (χ1) is 7.44. The van der Waals surface area contributed by atoms with Gasteiger partial charge in [-0.15, -0.1) is 0 Å². The number of nitrogens with two attached hydrogens (primary N) is 1. The molecule has 0 heterocycles. The molecular weight excluding hydrogens is 224 g/mol. The van der Waals surface area contributed by atoms with Crippen molar-refractivity contribution in [2.75, 3.05) is 16.2 Å². The highest BCUT2D eigenvalue weighted by molar-refractivity contribution is 7.92. The van der Waals surface area contributed by atoms with E-state index in [2.05, 4.69) is 4.72 Å². The fraction of sp³-hybridized carbons (Fsp3) is 0.455. The normalized spacial score (nSPS) is 11.4. The van der Waals surface area contributed by atoms with Crippen molar-refractivity contribution in [2.45, 2.75) is 26.7 Å². The maximum atomic E-state index is 11.6. The van der Waals surface area contributed by atoms with E-state index in [1.165, 1.54) is 0 Å². The number of sulfonamides is 1. The summed E-state index contributed by atoms with van der Waals surface area (Å²) >= 11 is 0. The Morgan fingerprint density at radius 2 is 2.06 bits per heavy atom. The number of aryl methyl sites for hydroxylation is 1. The lowest BCUT2D eigenvalue weighted by atomic mass is 10.2. The fourth-order valence-corrected chi connectivity index (χ4v) is 2.56. The predicted molar refractivity (Wildman–Crippen MR) is 67.9 cm³/mol. The molecule has 5 heteroatoms. The van der Waals surface area contributed by atoms with Crippen molar-refractivity contribution in [1.29, 1.82) is 0 Å². The SMILES string of the molecule is CCCCS(=O)(=O)Nc1ccc(N)c(C)c1. The van der Waals surface area contributed by atoms with Gasteiger partial charge in [-0.05, 0) is 37.1 Å². The highest BCUT2D eigenvalue weighted by atomic mass is 32.2. The Kier molecular flexibility index (Phi) is 4.18. The predicted octanol–water partition coefficient (Wildman–Crippen LogP) is 2.12. The van der Waals surface area contributed by atoms with Crippen LogP contribution in [0.15, 0.2) is 18.2 Å². The largest absolute Gasteiger partial charge is 0.399 e. The average molecular weight is 242 g/mol. The van der Waals surface area contributed by atoms with E-state index in [-0.39, 0.29) is 5.75 Å². The number of unbranched alkanes of at least 4 members (excludes halogenated alkanes) is 1. The molecular formula is C11H18N2O2S. The molecule has 0 bridgehead atoms. The van der Waals surface area contributed by atoms with E-state index in [0.29, 0.717) is 17.8 Å². The topological polar surface area (TPSA) is 72.2 Å². The number of anilines is 2. The molecule has 90 valence electrons. The number of nitrogen functional groups attached to an aromatic ring is 1. The molecule has 1 aromatic rings. The third-order valence-electron chi connectivity index (χ3n) is 2.31. The molecule has 0 aliphatic heterocycles. The fourth-order valence-electron chi connectivity index (χ4n) is 1.30. The average Bonchev–Trinajstić information content (AvgIpc) is 2.20. The Labute approximate surface area is 96.9 Å². The van der Waals surface area contributed by atoms with E-state index in [4.69, 9.17) is 5.73 Å². The zero-order valence-corrected chi connectivity index (χ0v) is 10.5. The second kappa shape index (κ2) is 5.21. The molecule has 0 amide bonds. The van der Waals surface area contributed by atoms with Crippen molar-refractivity contribution in [1.82, 2.24) is 0 Å². The van der Waals surface area contributed by atoms with Crippen LogP contribution in [0, 0.1) is 6.92 Å². The zero-order valence-electron chi connectivity index (χ0n) is 9.66. The van der Waals surface area contributed by atoms with E-state index < -0.39 is 10.0 Å². The van der Waals surface area contributed by atoms with Gasteiger partial charge in [0.25, 0.3) is 0 Å². The number of hydrogen-bond donors (Lipinski definition) is 2. The molecule has 3 N–H and O–H groups in total. The number of hydrogen-bond acceptors (Lipinski definition) is 3. The number of nitrogens with one attached hydrogen (secondary N) is 1. The van der Waals surface area contributed by atoms with Gasteiger partial charge in [0.1, 0.15) is 0 Å². The van der Waals surface area contributed by atoms with Crippen molar-refractivity contribution >= 4 is 21.4 Å². The van der Waals surface area contributed by atoms with Crippen molar-refractivity contribution < 1.29 is 8.42 Å². The highest BCUT2D eigenvalue weighted by Crippen LogP contribution is 2.17. The van der Waals surface area contributed by atoms with Gasteiger partial charge in [0.05, 0.1) is 5.75 Å². The molecule has 0 aromatic heterocycles. The van der Waals surface area contributed by atoms with Crippen LogP contribution in [0.25, 0.3) is 0 Å². The maximum Gasteiger partial charge on any atom is 0.232 e. The molecule has 0 radical (unpaired) electrons. The summed E-state index contributed by atoms with van der Waals surface area (Å²) < 4.78 is 25.8. The van der Waals surface area contributed by atoms with E-state index >= 15 is 0 Å². The van der Waals surface area contributed by atoms with Crippen LogP contribution in [0.5, 0.6) is 0 Å². The minimum Gasteiger partial charge on any atom is -0.399 e. The minimum absolute atomic E-state index is 0.160. The molecule has 1 rings (SSSR count). The monoisotopic (exact) mass is 242 g/mol. The summed E-state index contributed by atoms with van der Waals surface area (Å²) in [5, 5.41) is 0. The van der Waals surface area contributed by atoms with Gasteiger partial charge in [0.15, 0.2) is 0 Å². The summed E-state index contributed by atoms with van der Waals surface area (Å²) in [7, 11) is -3.22. The van der Waals surface area contributed by atoms with Crippen LogP contribution in [0.2, 0.25) is 0 Å². The van der Waals surface area contributed by atoms with Crippen LogP contribution in [-0.2, 0) is 10.0 Å².